The molecule has 0 aliphatic carbocycles. The van der Waals surface area contributed by atoms with Gasteiger partial charge in [-0.1, -0.05) is 25.1 Å². The molecule has 2 N–H and O–H groups in total. The van der Waals surface area contributed by atoms with Crippen molar-refractivity contribution in [2.24, 2.45) is 11.7 Å². The minimum absolute atomic E-state index is 0. The number of hydrogen-bond donors (Lipinski definition) is 1. The lowest BCUT2D eigenvalue weighted by atomic mass is 9.90. The van der Waals surface area contributed by atoms with Gasteiger partial charge in [-0.2, -0.15) is 0 Å². The van der Waals surface area contributed by atoms with Gasteiger partial charge < -0.3 is 10.6 Å². The van der Waals surface area contributed by atoms with Crippen LogP contribution < -0.4 is 5.73 Å². The number of likely N-dealkylation sites (tertiary alicyclic amines) is 1. The van der Waals surface area contributed by atoms with Crippen molar-refractivity contribution in [1.82, 2.24) is 4.90 Å². The van der Waals surface area contributed by atoms with Gasteiger partial charge in [0, 0.05) is 25.6 Å². The Bertz CT molecular complexity index is 487. The Hall–Kier alpha value is -1.13. The maximum atomic E-state index is 13.7. The summed E-state index contributed by atoms with van der Waals surface area (Å²) in [4.78, 5) is 14.2. The number of carbonyl (C=O) groups is 1. The lowest BCUT2D eigenvalue weighted by Gasteiger charge is -2.34. The number of nitrogens with two attached hydrogens (primary N) is 1. The summed E-state index contributed by atoms with van der Waals surface area (Å²) in [5.74, 6) is 0.310. The molecule has 0 saturated carbocycles. The monoisotopic (exact) mass is 328 g/mol. The summed E-state index contributed by atoms with van der Waals surface area (Å²) >= 11 is 0. The van der Waals surface area contributed by atoms with E-state index in [0.29, 0.717) is 17.9 Å². The largest absolute Gasteiger partial charge is 0.343 e. The highest BCUT2D eigenvalue weighted by molar-refractivity contribution is 5.85. The highest BCUT2D eigenvalue weighted by atomic mass is 35.5. The summed E-state index contributed by atoms with van der Waals surface area (Å²) in [6, 6.07) is 6.89. The molecule has 1 aromatic rings. The second-order valence-corrected chi connectivity index (χ2v) is 6.20. The lowest BCUT2D eigenvalue weighted by Crippen LogP contribution is -2.42. The van der Waals surface area contributed by atoms with Gasteiger partial charge >= 0.3 is 0 Å². The Morgan fingerprint density at radius 1 is 1.32 bits per heavy atom. The topological polar surface area (TPSA) is 46.3 Å². The second kappa shape index (κ2) is 8.49. The van der Waals surface area contributed by atoms with Crippen LogP contribution in [0.15, 0.2) is 24.3 Å². The number of rotatable bonds is 4. The third-order valence-electron chi connectivity index (χ3n) is 4.55. The first kappa shape index (κ1) is 18.9. The lowest BCUT2D eigenvalue weighted by molar-refractivity contribution is -0.133. The molecule has 124 valence electrons. The Balaban J connectivity index is 0.00000242. The fraction of sp³-hybridized carbons (Fsp3) is 0.588. The fourth-order valence-electron chi connectivity index (χ4n) is 3.05. The molecule has 3 nitrogen and oxygen atoms in total. The van der Waals surface area contributed by atoms with E-state index in [1.165, 1.54) is 6.07 Å². The van der Waals surface area contributed by atoms with Crippen LogP contribution in [0.1, 0.15) is 44.6 Å². The third kappa shape index (κ3) is 4.68. The van der Waals surface area contributed by atoms with Crippen molar-refractivity contribution in [3.8, 4) is 0 Å². The highest BCUT2D eigenvalue weighted by Gasteiger charge is 2.26. The SMILES string of the molecule is CC(CC(=O)N1CCC(C(C)N)CC1)c1ccccc1F.Cl. The standard InChI is InChI=1S/C17H25FN2O.ClH/c1-12(15-5-3-4-6-16(15)18)11-17(21)20-9-7-14(8-10-20)13(2)19;/h3-6,12-14H,7-11,19H2,1-2H3;1H. The van der Waals surface area contributed by atoms with Crippen LogP contribution in [0.4, 0.5) is 4.39 Å². The van der Waals surface area contributed by atoms with Crippen molar-refractivity contribution in [1.29, 1.82) is 0 Å². The van der Waals surface area contributed by atoms with Crippen LogP contribution in [-0.2, 0) is 4.79 Å². The Morgan fingerprint density at radius 3 is 2.45 bits per heavy atom. The van der Waals surface area contributed by atoms with Gasteiger partial charge in [0.15, 0.2) is 0 Å². The van der Waals surface area contributed by atoms with Crippen molar-refractivity contribution in [2.75, 3.05) is 13.1 Å². The van der Waals surface area contributed by atoms with Crippen molar-refractivity contribution in [3.05, 3.63) is 35.6 Å². The van der Waals surface area contributed by atoms with Crippen molar-refractivity contribution in [2.45, 2.75) is 45.1 Å². The van der Waals surface area contributed by atoms with Crippen molar-refractivity contribution < 1.29 is 9.18 Å². The number of nitrogens with zero attached hydrogens (tertiary/aromatic N) is 1. The molecule has 2 atom stereocenters. The Morgan fingerprint density at radius 2 is 1.91 bits per heavy atom. The minimum atomic E-state index is -0.228. The number of piperidine rings is 1. The first-order valence-corrected chi connectivity index (χ1v) is 7.76. The van der Waals surface area contributed by atoms with E-state index in [9.17, 15) is 9.18 Å². The number of hydrogen-bond acceptors (Lipinski definition) is 2. The van der Waals surface area contributed by atoms with Gasteiger partial charge in [-0.25, -0.2) is 4.39 Å². The van der Waals surface area contributed by atoms with Crippen LogP contribution in [0.25, 0.3) is 0 Å². The summed E-state index contributed by atoms with van der Waals surface area (Å²) in [5.41, 5.74) is 6.54. The summed E-state index contributed by atoms with van der Waals surface area (Å²) in [5, 5.41) is 0. The van der Waals surface area contributed by atoms with Gasteiger partial charge in [-0.05, 0) is 43.2 Å². The molecule has 0 bridgehead atoms. The molecule has 1 heterocycles. The fourth-order valence-corrected chi connectivity index (χ4v) is 3.05. The number of carbonyl (C=O) groups excluding carboxylic acids is 1. The molecule has 0 radical (unpaired) electrons. The molecule has 0 spiro atoms. The molecular weight excluding hydrogens is 303 g/mol. The van der Waals surface area contributed by atoms with E-state index in [0.717, 1.165) is 25.9 Å². The molecule has 1 saturated heterocycles. The van der Waals surface area contributed by atoms with Crippen LogP contribution in [0.3, 0.4) is 0 Å². The average molecular weight is 329 g/mol. The number of amides is 1. The van der Waals surface area contributed by atoms with Gasteiger partial charge in [-0.3, -0.25) is 4.79 Å². The van der Waals surface area contributed by atoms with Crippen LogP contribution >= 0.6 is 12.4 Å². The first-order valence-electron chi connectivity index (χ1n) is 7.76. The van der Waals surface area contributed by atoms with Gasteiger partial charge in [0.05, 0.1) is 0 Å². The summed E-state index contributed by atoms with van der Waals surface area (Å²) in [6.07, 6.45) is 2.30. The van der Waals surface area contributed by atoms with Gasteiger partial charge in [0.25, 0.3) is 0 Å². The van der Waals surface area contributed by atoms with Gasteiger partial charge in [0.1, 0.15) is 5.82 Å². The molecule has 1 aliphatic heterocycles. The van der Waals surface area contributed by atoms with Crippen LogP contribution in [0.2, 0.25) is 0 Å². The average Bonchev–Trinajstić information content (AvgIpc) is 2.47. The van der Waals surface area contributed by atoms with Gasteiger partial charge in [-0.15, -0.1) is 12.4 Å². The number of benzene rings is 1. The van der Waals surface area contributed by atoms with E-state index >= 15 is 0 Å². The summed E-state index contributed by atoms with van der Waals surface area (Å²) in [6.45, 7) is 5.48. The maximum Gasteiger partial charge on any atom is 0.223 e. The van der Waals surface area contributed by atoms with Crippen LogP contribution in [0, 0.1) is 11.7 Å². The van der Waals surface area contributed by atoms with E-state index in [1.807, 2.05) is 24.8 Å². The zero-order valence-electron chi connectivity index (χ0n) is 13.3. The predicted octanol–water partition coefficient (Wildman–Crippen LogP) is 3.33. The van der Waals surface area contributed by atoms with E-state index in [2.05, 4.69) is 0 Å². The number of halogens is 2. The van der Waals surface area contributed by atoms with E-state index in [4.69, 9.17) is 5.73 Å². The zero-order chi connectivity index (χ0) is 15.4. The first-order chi connectivity index (χ1) is 9.99. The normalized spacial score (nSPS) is 18.5. The molecule has 5 heteroatoms. The predicted molar refractivity (Wildman–Crippen MR) is 89.6 cm³/mol. The molecule has 22 heavy (non-hydrogen) atoms. The molecular formula is C17H26ClFN2O. The van der Waals surface area contributed by atoms with E-state index in [-0.39, 0.29) is 36.1 Å². The quantitative estimate of drug-likeness (QED) is 0.921. The molecule has 0 aromatic heterocycles. The van der Waals surface area contributed by atoms with Gasteiger partial charge in [0.2, 0.25) is 5.91 Å². The zero-order valence-corrected chi connectivity index (χ0v) is 14.1. The van der Waals surface area contributed by atoms with Crippen LogP contribution in [-0.4, -0.2) is 29.9 Å². The highest BCUT2D eigenvalue weighted by Crippen LogP contribution is 2.25. The molecule has 1 amide bonds. The molecule has 1 aromatic carbocycles. The van der Waals surface area contributed by atoms with E-state index < -0.39 is 0 Å². The van der Waals surface area contributed by atoms with Crippen molar-refractivity contribution >= 4 is 18.3 Å². The Labute approximate surface area is 138 Å². The molecule has 1 fully saturated rings. The maximum absolute atomic E-state index is 13.7. The smallest absolute Gasteiger partial charge is 0.223 e. The third-order valence-corrected chi connectivity index (χ3v) is 4.55. The molecule has 2 rings (SSSR count). The van der Waals surface area contributed by atoms with E-state index in [1.54, 1.807) is 12.1 Å². The molecule has 1 aliphatic rings. The summed E-state index contributed by atoms with van der Waals surface area (Å²) < 4.78 is 13.7. The molecule has 2 unspecified atom stereocenters. The van der Waals surface area contributed by atoms with Crippen molar-refractivity contribution in [3.63, 3.8) is 0 Å². The summed E-state index contributed by atoms with van der Waals surface area (Å²) in [7, 11) is 0. The minimum Gasteiger partial charge on any atom is -0.343 e. The second-order valence-electron chi connectivity index (χ2n) is 6.20. The Kier molecular flexibility index (Phi) is 7.30. The van der Waals surface area contributed by atoms with Crippen LogP contribution in [0.5, 0.6) is 0 Å².